The van der Waals surface area contributed by atoms with Crippen molar-refractivity contribution in [3.8, 4) is 0 Å². The lowest BCUT2D eigenvalue weighted by molar-refractivity contribution is -0.121. The quantitative estimate of drug-likeness (QED) is 0.751. The average Bonchev–Trinajstić information content (AvgIpc) is 2.99. The molecule has 1 spiro atoms. The van der Waals surface area contributed by atoms with E-state index in [1.165, 1.54) is 17.1 Å². The van der Waals surface area contributed by atoms with E-state index in [1.54, 1.807) is 17.0 Å². The lowest BCUT2D eigenvalue weighted by Crippen LogP contribution is -2.70. The molecule has 2 saturated heterocycles. The van der Waals surface area contributed by atoms with E-state index in [-0.39, 0.29) is 37.9 Å². The number of halogens is 1. The number of hydrogen-bond acceptors (Lipinski definition) is 6. The Morgan fingerprint density at radius 3 is 2.69 bits per heavy atom. The maximum absolute atomic E-state index is 13.0. The highest BCUT2D eigenvalue weighted by Gasteiger charge is 2.53. The Morgan fingerprint density at radius 1 is 1.35 bits per heavy atom. The fraction of sp³-hybridized carbons (Fsp3) is 0.438. The van der Waals surface area contributed by atoms with Gasteiger partial charge in [-0.25, -0.2) is 12.8 Å². The van der Waals surface area contributed by atoms with Crippen LogP contribution >= 0.6 is 0 Å². The Labute approximate surface area is 149 Å². The molecule has 0 aliphatic carbocycles. The first-order valence-electron chi connectivity index (χ1n) is 8.10. The zero-order valence-electron chi connectivity index (χ0n) is 13.8. The van der Waals surface area contributed by atoms with Gasteiger partial charge < -0.3 is 9.64 Å². The summed E-state index contributed by atoms with van der Waals surface area (Å²) in [6.07, 6.45) is 5.25. The van der Waals surface area contributed by atoms with Gasteiger partial charge in [0.15, 0.2) is 15.7 Å². The smallest absolute Gasteiger partial charge is 0.254 e. The van der Waals surface area contributed by atoms with Gasteiger partial charge in [-0.1, -0.05) is 0 Å². The minimum Gasteiger partial charge on any atom is -0.369 e. The van der Waals surface area contributed by atoms with Crippen molar-refractivity contribution in [2.24, 2.45) is 0 Å². The van der Waals surface area contributed by atoms with E-state index in [9.17, 15) is 17.6 Å². The van der Waals surface area contributed by atoms with Crippen LogP contribution in [0.3, 0.4) is 0 Å². The normalized spacial score (nSPS) is 23.6. The van der Waals surface area contributed by atoms with Gasteiger partial charge in [-0.3, -0.25) is 14.5 Å². The summed E-state index contributed by atoms with van der Waals surface area (Å²) in [5, 5.41) is 3.00. The molecule has 10 heteroatoms. The molecule has 1 atom stereocenters. The molecule has 2 aliphatic rings. The Balaban J connectivity index is 1.40. The topological polar surface area (TPSA) is 94.4 Å². The van der Waals surface area contributed by atoms with Gasteiger partial charge in [-0.05, 0) is 12.1 Å². The molecule has 2 aromatic heterocycles. The molecule has 0 unspecified atom stereocenters. The molecule has 2 aromatic rings. The van der Waals surface area contributed by atoms with E-state index in [4.69, 9.17) is 4.74 Å². The molecule has 2 aliphatic heterocycles. The third-order valence-electron chi connectivity index (χ3n) is 4.71. The maximum atomic E-state index is 13.0. The van der Waals surface area contributed by atoms with E-state index >= 15 is 0 Å². The summed E-state index contributed by atoms with van der Waals surface area (Å²) >= 11 is 0. The van der Waals surface area contributed by atoms with Crippen LogP contribution in [-0.4, -0.2) is 70.3 Å². The SMILES string of the molecule is O=C(c1ccncc1)N1CC2(C1)CS(=O)(=O)[C@@H](Cn1cc(F)cn1)CO2. The van der Waals surface area contributed by atoms with Gasteiger partial charge >= 0.3 is 0 Å². The second-order valence-electron chi connectivity index (χ2n) is 6.70. The van der Waals surface area contributed by atoms with Crippen LogP contribution in [0, 0.1) is 5.82 Å². The van der Waals surface area contributed by atoms with Crippen molar-refractivity contribution in [1.29, 1.82) is 0 Å². The van der Waals surface area contributed by atoms with Crippen molar-refractivity contribution in [2.75, 3.05) is 25.4 Å². The molecule has 4 heterocycles. The number of aromatic nitrogens is 3. The second-order valence-corrected chi connectivity index (χ2v) is 8.98. The Morgan fingerprint density at radius 2 is 2.08 bits per heavy atom. The van der Waals surface area contributed by atoms with Crippen molar-refractivity contribution in [3.63, 3.8) is 0 Å². The van der Waals surface area contributed by atoms with Crippen LogP contribution in [-0.2, 0) is 21.1 Å². The van der Waals surface area contributed by atoms with Crippen LogP contribution in [0.4, 0.5) is 4.39 Å². The number of amides is 1. The van der Waals surface area contributed by atoms with Crippen LogP contribution < -0.4 is 0 Å². The molecule has 0 bridgehead atoms. The average molecular weight is 380 g/mol. The first-order chi connectivity index (χ1) is 12.4. The molecular weight excluding hydrogens is 363 g/mol. The van der Waals surface area contributed by atoms with Gasteiger partial charge in [0, 0.05) is 18.0 Å². The molecule has 8 nitrogen and oxygen atoms in total. The number of ether oxygens (including phenoxy) is 1. The predicted molar refractivity (Wildman–Crippen MR) is 88.6 cm³/mol. The van der Waals surface area contributed by atoms with Crippen LogP contribution in [0.5, 0.6) is 0 Å². The number of pyridine rings is 1. The van der Waals surface area contributed by atoms with E-state index in [0.29, 0.717) is 5.56 Å². The molecule has 0 aromatic carbocycles. The predicted octanol–water partition coefficient (Wildman–Crippen LogP) is 0.126. The molecule has 26 heavy (non-hydrogen) atoms. The van der Waals surface area contributed by atoms with E-state index in [0.717, 1.165) is 12.4 Å². The second kappa shape index (κ2) is 6.13. The number of carbonyl (C=O) groups is 1. The van der Waals surface area contributed by atoms with Crippen molar-refractivity contribution in [1.82, 2.24) is 19.7 Å². The summed E-state index contributed by atoms with van der Waals surface area (Å²) in [5.41, 5.74) is -0.347. The summed E-state index contributed by atoms with van der Waals surface area (Å²) < 4.78 is 45.3. The summed E-state index contributed by atoms with van der Waals surface area (Å²) in [6, 6.07) is 3.23. The number of nitrogens with zero attached hydrogens (tertiary/aromatic N) is 4. The van der Waals surface area contributed by atoms with E-state index in [2.05, 4.69) is 10.1 Å². The van der Waals surface area contributed by atoms with Gasteiger partial charge in [0.25, 0.3) is 5.91 Å². The first-order valence-corrected chi connectivity index (χ1v) is 9.81. The molecule has 138 valence electrons. The van der Waals surface area contributed by atoms with Gasteiger partial charge in [0.1, 0.15) is 10.9 Å². The Hall–Kier alpha value is -2.33. The van der Waals surface area contributed by atoms with Crippen LogP contribution in [0.25, 0.3) is 0 Å². The summed E-state index contributed by atoms with van der Waals surface area (Å²) in [7, 11) is -3.45. The summed E-state index contributed by atoms with van der Waals surface area (Å²) in [6.45, 7) is 0.510. The van der Waals surface area contributed by atoms with Crippen molar-refractivity contribution in [3.05, 3.63) is 48.3 Å². The third kappa shape index (κ3) is 3.10. The first kappa shape index (κ1) is 17.1. The molecule has 4 rings (SSSR count). The van der Waals surface area contributed by atoms with Gasteiger partial charge in [-0.15, -0.1) is 0 Å². The highest BCUT2D eigenvalue weighted by Crippen LogP contribution is 2.33. The lowest BCUT2D eigenvalue weighted by Gasteiger charge is -2.52. The van der Waals surface area contributed by atoms with Crippen LogP contribution in [0.2, 0.25) is 0 Å². The number of rotatable bonds is 3. The number of hydrogen-bond donors (Lipinski definition) is 0. The zero-order valence-corrected chi connectivity index (χ0v) is 14.6. The largest absolute Gasteiger partial charge is 0.369 e. The minimum atomic E-state index is -3.45. The fourth-order valence-electron chi connectivity index (χ4n) is 3.37. The number of carbonyl (C=O) groups excluding carboxylic acids is 1. The highest BCUT2D eigenvalue weighted by molar-refractivity contribution is 7.92. The summed E-state index contributed by atoms with van der Waals surface area (Å²) in [4.78, 5) is 17.8. The van der Waals surface area contributed by atoms with Crippen molar-refractivity contribution in [2.45, 2.75) is 17.4 Å². The Bertz CT molecular complexity index is 925. The molecule has 1 amide bonds. The molecule has 2 fully saturated rings. The summed E-state index contributed by atoms with van der Waals surface area (Å²) in [5.74, 6) is -0.845. The van der Waals surface area contributed by atoms with Gasteiger partial charge in [0.05, 0.1) is 44.4 Å². The molecular formula is C16H17FN4O4S. The van der Waals surface area contributed by atoms with Crippen molar-refractivity contribution >= 4 is 15.7 Å². The highest BCUT2D eigenvalue weighted by atomic mass is 32.2. The van der Waals surface area contributed by atoms with Gasteiger partial charge in [-0.2, -0.15) is 5.10 Å². The lowest BCUT2D eigenvalue weighted by atomic mass is 9.94. The molecule has 0 radical (unpaired) electrons. The van der Waals surface area contributed by atoms with Crippen LogP contribution in [0.15, 0.2) is 36.9 Å². The van der Waals surface area contributed by atoms with E-state index in [1.807, 2.05) is 0 Å². The molecule has 0 N–H and O–H groups in total. The third-order valence-corrected chi connectivity index (χ3v) is 6.94. The standard InChI is InChI=1S/C16H17FN4O4S/c17-13-5-19-21(6-13)7-14-8-25-16(11-26(14,23)24)9-20(10-16)15(22)12-1-3-18-4-2-12/h1-6,14H,7-11H2/t14-/m0/s1. The minimum absolute atomic E-state index is 0.00109. The molecule has 0 saturated carbocycles. The van der Waals surface area contributed by atoms with Gasteiger partial charge in [0.2, 0.25) is 0 Å². The fourth-order valence-corrected chi connectivity index (χ4v) is 5.26. The van der Waals surface area contributed by atoms with Crippen LogP contribution in [0.1, 0.15) is 10.4 Å². The number of likely N-dealkylation sites (tertiary alicyclic amines) is 1. The van der Waals surface area contributed by atoms with Crippen molar-refractivity contribution < 1.29 is 22.3 Å². The van der Waals surface area contributed by atoms with E-state index < -0.39 is 26.5 Å². The maximum Gasteiger partial charge on any atom is 0.254 e. The Kier molecular flexibility index (Phi) is 4.03. The number of sulfone groups is 1. The monoisotopic (exact) mass is 380 g/mol. The zero-order chi connectivity index (χ0) is 18.4.